The zero-order valence-corrected chi connectivity index (χ0v) is 18.3. The average Bonchev–Trinajstić information content (AvgIpc) is 2.96. The molecule has 0 unspecified atom stereocenters. The van der Waals surface area contributed by atoms with Gasteiger partial charge in [0.2, 0.25) is 0 Å². The van der Waals surface area contributed by atoms with Gasteiger partial charge in [-0.1, -0.05) is 32.9 Å². The molecule has 0 bridgehead atoms. The minimum atomic E-state index is -1.47. The summed E-state index contributed by atoms with van der Waals surface area (Å²) in [6.45, 7) is 8.78. The lowest BCUT2D eigenvalue weighted by Crippen LogP contribution is -2.73. The lowest BCUT2D eigenvalue weighted by atomic mass is 9.39. The van der Waals surface area contributed by atoms with E-state index in [0.717, 1.165) is 25.0 Å². The molecule has 0 radical (unpaired) electrons. The molecule has 4 saturated carbocycles. The minimum Gasteiger partial charge on any atom is -0.394 e. The van der Waals surface area contributed by atoms with Gasteiger partial charge in [0.1, 0.15) is 18.0 Å². The van der Waals surface area contributed by atoms with Crippen LogP contribution in [0.15, 0.2) is 5.16 Å². The maximum Gasteiger partial charge on any atom is 0.166 e. The summed E-state index contributed by atoms with van der Waals surface area (Å²) < 4.78 is 0. The Morgan fingerprint density at radius 2 is 1.79 bits per heavy atom. The third kappa shape index (κ3) is 2.51. The van der Waals surface area contributed by atoms with Crippen LogP contribution in [-0.4, -0.2) is 41.1 Å². The summed E-state index contributed by atoms with van der Waals surface area (Å²) in [5.41, 5.74) is 3.18. The summed E-state index contributed by atoms with van der Waals surface area (Å²) in [6.07, 6.45) is 5.09. The molecule has 6 nitrogen and oxygen atoms in total. The van der Waals surface area contributed by atoms with E-state index in [4.69, 9.17) is 10.6 Å². The van der Waals surface area contributed by atoms with E-state index in [0.29, 0.717) is 44.6 Å². The summed E-state index contributed by atoms with van der Waals surface area (Å²) in [7, 11) is 0. The van der Waals surface area contributed by atoms with E-state index in [1.54, 1.807) is 0 Å². The number of rotatable bonds is 3. The standard InChI is InChI=1S/C23H36N2O4/c1-20(2)17(25-29-12-11-24)8-10-22(4)16-7-9-21(3)15(5-6-18(21)26)14(16)13-19(27)23(20,22)28/h14-16,28H,5-13,24H2,1-4H3/b25-17-/t14-,15-,16-,21-,22+,23+/m0/s1. The molecule has 4 rings (SSSR count). The first-order valence-electron chi connectivity index (χ1n) is 11.2. The first-order chi connectivity index (χ1) is 13.5. The van der Waals surface area contributed by atoms with Crippen molar-refractivity contribution in [2.75, 3.05) is 13.2 Å². The fourth-order valence-corrected chi connectivity index (χ4v) is 7.75. The third-order valence-corrected chi connectivity index (χ3v) is 9.51. The van der Waals surface area contributed by atoms with Crippen molar-refractivity contribution >= 4 is 17.3 Å². The van der Waals surface area contributed by atoms with E-state index in [9.17, 15) is 14.7 Å². The number of carbonyl (C=O) groups excluding carboxylic acids is 2. The monoisotopic (exact) mass is 404 g/mol. The van der Waals surface area contributed by atoms with Crippen LogP contribution in [-0.2, 0) is 14.4 Å². The average molecular weight is 405 g/mol. The second-order valence-corrected chi connectivity index (χ2v) is 10.8. The molecule has 4 fully saturated rings. The van der Waals surface area contributed by atoms with Crippen LogP contribution in [0.2, 0.25) is 0 Å². The first kappa shape index (κ1) is 21.0. The number of oxime groups is 1. The molecule has 0 amide bonds. The maximum absolute atomic E-state index is 13.6. The molecule has 6 heteroatoms. The Morgan fingerprint density at radius 3 is 2.48 bits per heavy atom. The van der Waals surface area contributed by atoms with E-state index in [1.807, 2.05) is 13.8 Å². The second kappa shape index (κ2) is 6.61. The highest BCUT2D eigenvalue weighted by Gasteiger charge is 2.72. The highest BCUT2D eigenvalue weighted by molar-refractivity contribution is 6.02. The smallest absolute Gasteiger partial charge is 0.166 e. The largest absolute Gasteiger partial charge is 0.394 e. The van der Waals surface area contributed by atoms with Crippen molar-refractivity contribution in [1.29, 1.82) is 0 Å². The number of nitrogens with two attached hydrogens (primary N) is 1. The Morgan fingerprint density at radius 1 is 1.07 bits per heavy atom. The van der Waals surface area contributed by atoms with Gasteiger partial charge in [0, 0.05) is 35.6 Å². The zero-order valence-electron chi connectivity index (χ0n) is 18.3. The molecule has 3 N–H and O–H groups in total. The van der Waals surface area contributed by atoms with Crippen molar-refractivity contribution in [2.24, 2.45) is 44.9 Å². The van der Waals surface area contributed by atoms with Gasteiger partial charge in [-0.05, 0) is 49.9 Å². The van der Waals surface area contributed by atoms with E-state index in [2.05, 4.69) is 19.0 Å². The van der Waals surface area contributed by atoms with Crippen molar-refractivity contribution in [2.45, 2.75) is 78.2 Å². The quantitative estimate of drug-likeness (QED) is 0.556. The van der Waals surface area contributed by atoms with Crippen LogP contribution in [0, 0.1) is 34.0 Å². The maximum atomic E-state index is 13.6. The van der Waals surface area contributed by atoms with Crippen LogP contribution >= 0.6 is 0 Å². The van der Waals surface area contributed by atoms with Crippen LogP contribution in [0.25, 0.3) is 0 Å². The molecule has 29 heavy (non-hydrogen) atoms. The zero-order chi connectivity index (χ0) is 21.2. The third-order valence-electron chi connectivity index (χ3n) is 9.51. The summed E-state index contributed by atoms with van der Waals surface area (Å²) in [6, 6.07) is 0. The van der Waals surface area contributed by atoms with Gasteiger partial charge in [0.15, 0.2) is 5.78 Å². The second-order valence-electron chi connectivity index (χ2n) is 10.8. The highest BCUT2D eigenvalue weighted by atomic mass is 16.6. The molecule has 4 aliphatic carbocycles. The number of nitrogens with zero attached hydrogens (tertiary/aromatic N) is 1. The first-order valence-corrected chi connectivity index (χ1v) is 11.2. The molecule has 6 atom stereocenters. The molecule has 0 aromatic rings. The molecule has 0 spiro atoms. The van der Waals surface area contributed by atoms with Crippen molar-refractivity contribution in [3.8, 4) is 0 Å². The van der Waals surface area contributed by atoms with Crippen LogP contribution in [0.3, 0.4) is 0 Å². The summed E-state index contributed by atoms with van der Waals surface area (Å²) in [5.74, 6) is 1.00. The number of aliphatic hydroxyl groups is 1. The molecular weight excluding hydrogens is 368 g/mol. The van der Waals surface area contributed by atoms with E-state index in [1.165, 1.54) is 0 Å². The van der Waals surface area contributed by atoms with Gasteiger partial charge in [-0.3, -0.25) is 9.59 Å². The highest BCUT2D eigenvalue weighted by Crippen LogP contribution is 2.68. The Kier molecular flexibility index (Phi) is 4.78. The Bertz CT molecular complexity index is 762. The molecule has 0 heterocycles. The van der Waals surface area contributed by atoms with Gasteiger partial charge >= 0.3 is 0 Å². The van der Waals surface area contributed by atoms with Gasteiger partial charge in [-0.25, -0.2) is 0 Å². The topological polar surface area (TPSA) is 102 Å². The predicted octanol–water partition coefficient (Wildman–Crippen LogP) is 2.86. The van der Waals surface area contributed by atoms with Gasteiger partial charge in [-0.2, -0.15) is 0 Å². The Balaban J connectivity index is 1.72. The van der Waals surface area contributed by atoms with Crippen LogP contribution in [0.5, 0.6) is 0 Å². The van der Waals surface area contributed by atoms with Crippen molar-refractivity contribution in [3.63, 3.8) is 0 Å². The van der Waals surface area contributed by atoms with E-state index < -0.39 is 16.4 Å². The lowest BCUT2D eigenvalue weighted by Gasteiger charge is -2.65. The number of Topliss-reactive ketones (excluding diaryl/α,β-unsaturated/α-hetero) is 2. The number of carbonyl (C=O) groups is 2. The molecule has 0 aromatic heterocycles. The number of fused-ring (bicyclic) bond motifs is 5. The fourth-order valence-electron chi connectivity index (χ4n) is 7.75. The number of hydrogen-bond donors (Lipinski definition) is 2. The van der Waals surface area contributed by atoms with Gasteiger partial charge < -0.3 is 15.7 Å². The van der Waals surface area contributed by atoms with E-state index in [-0.39, 0.29) is 29.0 Å². The van der Waals surface area contributed by atoms with Crippen LogP contribution in [0.4, 0.5) is 0 Å². The minimum absolute atomic E-state index is 0.0823. The SMILES string of the molecule is CC1(C)/C(=N\OCCN)CC[C@]2(C)[C@H]3CC[C@]4(C)C(=O)CC[C@H]4[C@@H]3CC(=O)[C@@]12O. The van der Waals surface area contributed by atoms with Crippen molar-refractivity contribution in [1.82, 2.24) is 0 Å². The number of hydrogen-bond acceptors (Lipinski definition) is 6. The molecule has 4 aliphatic rings. The Labute approximate surface area is 173 Å². The lowest BCUT2D eigenvalue weighted by molar-refractivity contribution is -0.217. The normalized spacial score (nSPS) is 47.5. The molecule has 0 saturated heterocycles. The van der Waals surface area contributed by atoms with Crippen LogP contribution < -0.4 is 5.73 Å². The molecule has 162 valence electrons. The summed E-state index contributed by atoms with van der Waals surface area (Å²) in [4.78, 5) is 31.6. The predicted molar refractivity (Wildman–Crippen MR) is 110 cm³/mol. The van der Waals surface area contributed by atoms with E-state index >= 15 is 0 Å². The van der Waals surface area contributed by atoms with Crippen LogP contribution in [0.1, 0.15) is 72.6 Å². The van der Waals surface area contributed by atoms with Gasteiger partial charge in [0.05, 0.1) is 5.71 Å². The summed E-state index contributed by atoms with van der Waals surface area (Å²) in [5, 5.41) is 16.4. The Hall–Kier alpha value is -1.27. The molecule has 0 aliphatic heterocycles. The molecular formula is C23H36N2O4. The fraction of sp³-hybridized carbons (Fsp3) is 0.870. The summed E-state index contributed by atoms with van der Waals surface area (Å²) >= 11 is 0. The van der Waals surface area contributed by atoms with Crippen molar-refractivity contribution in [3.05, 3.63) is 0 Å². The van der Waals surface area contributed by atoms with Crippen molar-refractivity contribution < 1.29 is 19.5 Å². The van der Waals surface area contributed by atoms with Gasteiger partial charge in [-0.15, -0.1) is 0 Å². The molecule has 0 aromatic carbocycles. The number of ketones is 2. The van der Waals surface area contributed by atoms with Gasteiger partial charge in [0.25, 0.3) is 0 Å².